The highest BCUT2D eigenvalue weighted by Crippen LogP contribution is 2.17. The Morgan fingerprint density at radius 2 is 2.20 bits per heavy atom. The fourth-order valence-electron chi connectivity index (χ4n) is 1.34. The molecule has 0 aliphatic heterocycles. The van der Waals surface area contributed by atoms with E-state index in [0.717, 1.165) is 0 Å². The molecule has 1 atom stereocenters. The van der Waals surface area contributed by atoms with Crippen molar-refractivity contribution in [2.45, 2.75) is 13.0 Å². The van der Waals surface area contributed by atoms with E-state index >= 15 is 0 Å². The summed E-state index contributed by atoms with van der Waals surface area (Å²) in [4.78, 5) is 11.5. The third-order valence-electron chi connectivity index (χ3n) is 2.03. The van der Waals surface area contributed by atoms with Crippen molar-refractivity contribution in [3.05, 3.63) is 35.6 Å². The van der Waals surface area contributed by atoms with Gasteiger partial charge >= 0.3 is 5.97 Å². The van der Waals surface area contributed by atoms with E-state index in [9.17, 15) is 9.18 Å². The lowest BCUT2D eigenvalue weighted by Crippen LogP contribution is -2.28. The highest BCUT2D eigenvalue weighted by atomic mass is 19.1. The highest BCUT2D eigenvalue weighted by Gasteiger charge is 2.22. The van der Waals surface area contributed by atoms with Crippen LogP contribution >= 0.6 is 0 Å². The second-order valence-corrected chi connectivity index (χ2v) is 3.00. The molecule has 15 heavy (non-hydrogen) atoms. The average molecular weight is 211 g/mol. The Kier molecular flexibility index (Phi) is 4.24. The number of hydrogen-bond donors (Lipinski definition) is 1. The first kappa shape index (κ1) is 11.7. The third-order valence-corrected chi connectivity index (χ3v) is 2.03. The summed E-state index contributed by atoms with van der Waals surface area (Å²) in [5.74, 6) is -0.880. The Balaban J connectivity index is 2.92. The molecule has 0 saturated carbocycles. The minimum Gasteiger partial charge on any atom is -0.465 e. The van der Waals surface area contributed by atoms with Crippen LogP contribution in [0.4, 0.5) is 4.39 Å². The van der Waals surface area contributed by atoms with Crippen LogP contribution in [-0.4, -0.2) is 19.6 Å². The molecule has 0 heterocycles. The molecule has 0 amide bonds. The highest BCUT2D eigenvalue weighted by molar-refractivity contribution is 5.77. The molecule has 1 unspecified atom stereocenters. The van der Waals surface area contributed by atoms with Gasteiger partial charge < -0.3 is 10.1 Å². The van der Waals surface area contributed by atoms with Gasteiger partial charge in [0.15, 0.2) is 0 Å². The van der Waals surface area contributed by atoms with E-state index in [1.54, 1.807) is 32.2 Å². The molecule has 1 rings (SSSR count). The molecule has 0 aromatic heterocycles. The average Bonchev–Trinajstić information content (AvgIpc) is 2.22. The molecule has 0 spiro atoms. The van der Waals surface area contributed by atoms with Crippen molar-refractivity contribution in [3.63, 3.8) is 0 Å². The summed E-state index contributed by atoms with van der Waals surface area (Å²) in [5, 5.41) is 2.73. The van der Waals surface area contributed by atoms with Gasteiger partial charge in [-0.15, -0.1) is 0 Å². The van der Waals surface area contributed by atoms with Crippen molar-refractivity contribution in [1.29, 1.82) is 0 Å². The molecule has 1 N–H and O–H groups in total. The van der Waals surface area contributed by atoms with Gasteiger partial charge in [-0.3, -0.25) is 0 Å². The van der Waals surface area contributed by atoms with Gasteiger partial charge in [0.05, 0.1) is 6.61 Å². The van der Waals surface area contributed by atoms with E-state index in [1.807, 2.05) is 0 Å². The molecule has 4 heteroatoms. The molecule has 0 fully saturated rings. The van der Waals surface area contributed by atoms with Crippen molar-refractivity contribution in [2.75, 3.05) is 13.7 Å². The van der Waals surface area contributed by atoms with Gasteiger partial charge in [0, 0.05) is 5.56 Å². The number of halogens is 1. The van der Waals surface area contributed by atoms with Crippen LogP contribution in [0.2, 0.25) is 0 Å². The van der Waals surface area contributed by atoms with E-state index in [4.69, 9.17) is 4.74 Å². The van der Waals surface area contributed by atoms with Crippen LogP contribution in [0.25, 0.3) is 0 Å². The van der Waals surface area contributed by atoms with Gasteiger partial charge in [-0.2, -0.15) is 0 Å². The standard InChI is InChI=1S/C11H14FNO2/c1-3-15-11(14)10(13-2)8-6-4-5-7-9(8)12/h4-7,10,13H,3H2,1-2H3. The van der Waals surface area contributed by atoms with Crippen molar-refractivity contribution in [3.8, 4) is 0 Å². The Morgan fingerprint density at radius 1 is 1.53 bits per heavy atom. The fourth-order valence-corrected chi connectivity index (χ4v) is 1.34. The van der Waals surface area contributed by atoms with Crippen molar-refractivity contribution in [1.82, 2.24) is 5.32 Å². The molecule has 0 radical (unpaired) electrons. The van der Waals surface area contributed by atoms with Crippen molar-refractivity contribution in [2.24, 2.45) is 0 Å². The third kappa shape index (κ3) is 2.76. The smallest absolute Gasteiger partial charge is 0.327 e. The molecule has 1 aromatic carbocycles. The Hall–Kier alpha value is -1.42. The van der Waals surface area contributed by atoms with Crippen molar-refractivity contribution >= 4 is 5.97 Å². The quantitative estimate of drug-likeness (QED) is 0.769. The topological polar surface area (TPSA) is 38.3 Å². The molecule has 0 saturated heterocycles. The van der Waals surface area contributed by atoms with Crippen LogP contribution in [0.15, 0.2) is 24.3 Å². The molecular formula is C11H14FNO2. The van der Waals surface area contributed by atoms with E-state index in [-0.39, 0.29) is 6.61 Å². The molecule has 82 valence electrons. The SMILES string of the molecule is CCOC(=O)C(NC)c1ccccc1F. The maximum atomic E-state index is 13.4. The van der Waals surface area contributed by atoms with Gasteiger partial charge in [0.2, 0.25) is 0 Å². The van der Waals surface area contributed by atoms with E-state index in [0.29, 0.717) is 5.56 Å². The fraction of sp³-hybridized carbons (Fsp3) is 0.364. The normalized spacial score (nSPS) is 12.2. The van der Waals surface area contributed by atoms with Gasteiger partial charge in [-0.1, -0.05) is 18.2 Å². The maximum absolute atomic E-state index is 13.4. The van der Waals surface area contributed by atoms with Crippen LogP contribution < -0.4 is 5.32 Å². The van der Waals surface area contributed by atoms with Crippen LogP contribution in [0.3, 0.4) is 0 Å². The summed E-state index contributed by atoms with van der Waals surface area (Å²) < 4.78 is 18.2. The van der Waals surface area contributed by atoms with E-state index in [2.05, 4.69) is 5.32 Å². The minimum absolute atomic E-state index is 0.283. The van der Waals surface area contributed by atoms with Crippen LogP contribution in [0, 0.1) is 5.82 Å². The summed E-state index contributed by atoms with van der Waals surface area (Å²) in [5.41, 5.74) is 0.304. The van der Waals surface area contributed by atoms with Crippen molar-refractivity contribution < 1.29 is 13.9 Å². The van der Waals surface area contributed by atoms with E-state index < -0.39 is 17.8 Å². The summed E-state index contributed by atoms with van der Waals surface area (Å²) in [7, 11) is 1.59. The number of ether oxygens (including phenoxy) is 1. The Labute approximate surface area is 88.2 Å². The van der Waals surface area contributed by atoms with Gasteiger partial charge in [-0.25, -0.2) is 9.18 Å². The van der Waals surface area contributed by atoms with Crippen LogP contribution in [0.5, 0.6) is 0 Å². The Morgan fingerprint density at radius 3 is 2.73 bits per heavy atom. The molecule has 0 aliphatic carbocycles. The predicted octanol–water partition coefficient (Wildman–Crippen LogP) is 1.65. The van der Waals surface area contributed by atoms with E-state index in [1.165, 1.54) is 6.07 Å². The number of nitrogens with one attached hydrogen (secondary N) is 1. The maximum Gasteiger partial charge on any atom is 0.327 e. The summed E-state index contributed by atoms with van der Waals surface area (Å²) in [6, 6.07) is 5.40. The predicted molar refractivity (Wildman–Crippen MR) is 54.8 cm³/mol. The van der Waals surface area contributed by atoms with Gasteiger partial charge in [0.25, 0.3) is 0 Å². The second kappa shape index (κ2) is 5.46. The zero-order valence-corrected chi connectivity index (χ0v) is 8.79. The van der Waals surface area contributed by atoms with Gasteiger partial charge in [0.1, 0.15) is 11.9 Å². The number of likely N-dealkylation sites (N-methyl/N-ethyl adjacent to an activating group) is 1. The molecular weight excluding hydrogens is 197 g/mol. The number of benzene rings is 1. The van der Waals surface area contributed by atoms with Crippen LogP contribution in [0.1, 0.15) is 18.5 Å². The minimum atomic E-state index is -0.744. The number of carbonyl (C=O) groups excluding carboxylic acids is 1. The van der Waals surface area contributed by atoms with Crippen LogP contribution in [-0.2, 0) is 9.53 Å². The lowest BCUT2D eigenvalue weighted by atomic mass is 10.1. The first-order valence-electron chi connectivity index (χ1n) is 4.79. The number of rotatable bonds is 4. The lowest BCUT2D eigenvalue weighted by molar-refractivity contribution is -0.145. The molecule has 0 aliphatic rings. The Bertz CT molecular complexity index is 341. The lowest BCUT2D eigenvalue weighted by Gasteiger charge is -2.15. The zero-order chi connectivity index (χ0) is 11.3. The molecule has 3 nitrogen and oxygen atoms in total. The number of esters is 1. The number of hydrogen-bond acceptors (Lipinski definition) is 3. The largest absolute Gasteiger partial charge is 0.465 e. The first-order chi connectivity index (χ1) is 7.20. The zero-order valence-electron chi connectivity index (χ0n) is 8.79. The monoisotopic (exact) mass is 211 g/mol. The molecule has 0 bridgehead atoms. The number of carbonyl (C=O) groups is 1. The molecule has 1 aromatic rings. The van der Waals surface area contributed by atoms with Gasteiger partial charge in [-0.05, 0) is 20.0 Å². The second-order valence-electron chi connectivity index (χ2n) is 3.00. The summed E-state index contributed by atoms with van der Waals surface area (Å²) in [6.07, 6.45) is 0. The summed E-state index contributed by atoms with van der Waals surface area (Å²) >= 11 is 0. The first-order valence-corrected chi connectivity index (χ1v) is 4.79. The summed E-state index contributed by atoms with van der Waals surface area (Å²) in [6.45, 7) is 2.00.